The summed E-state index contributed by atoms with van der Waals surface area (Å²) in [5, 5.41) is 4.33. The number of benzene rings is 1. The molecule has 2 nitrogen and oxygen atoms in total. The van der Waals surface area contributed by atoms with Gasteiger partial charge in [0.25, 0.3) is 0 Å². The topological polar surface area (TPSA) is 15.3 Å². The first-order valence-electron chi connectivity index (χ1n) is 6.91. The second-order valence-corrected chi connectivity index (χ2v) is 5.81. The lowest BCUT2D eigenvalue weighted by Gasteiger charge is -2.20. The Bertz CT molecular complexity index is 344. The molecule has 3 heteroatoms. The van der Waals surface area contributed by atoms with E-state index in [1.165, 1.54) is 38.0 Å². The van der Waals surface area contributed by atoms with Crippen LogP contribution >= 0.6 is 11.6 Å². The van der Waals surface area contributed by atoms with Gasteiger partial charge in [-0.15, -0.1) is 0 Å². The van der Waals surface area contributed by atoms with Crippen LogP contribution in [0.4, 0.5) is 0 Å². The van der Waals surface area contributed by atoms with Crippen LogP contribution in [0.2, 0.25) is 5.02 Å². The van der Waals surface area contributed by atoms with Crippen molar-refractivity contribution in [1.82, 2.24) is 10.2 Å². The third-order valence-electron chi connectivity index (χ3n) is 3.50. The highest BCUT2D eigenvalue weighted by Crippen LogP contribution is 2.11. The van der Waals surface area contributed by atoms with E-state index < -0.39 is 0 Å². The van der Waals surface area contributed by atoms with E-state index in [-0.39, 0.29) is 0 Å². The number of nitrogens with one attached hydrogen (secondary N) is 1. The first-order valence-corrected chi connectivity index (χ1v) is 7.29. The molecule has 2 rings (SSSR count). The molecule has 0 aliphatic carbocycles. The summed E-state index contributed by atoms with van der Waals surface area (Å²) in [5.74, 6) is 0.718. The van der Waals surface area contributed by atoms with Gasteiger partial charge in [0.05, 0.1) is 0 Å². The van der Waals surface area contributed by atoms with Gasteiger partial charge >= 0.3 is 0 Å². The van der Waals surface area contributed by atoms with Crippen molar-refractivity contribution in [3.63, 3.8) is 0 Å². The van der Waals surface area contributed by atoms with Gasteiger partial charge in [-0.25, -0.2) is 0 Å². The molecule has 18 heavy (non-hydrogen) atoms. The molecule has 1 aliphatic heterocycles. The Kier molecular flexibility index (Phi) is 5.48. The zero-order chi connectivity index (χ0) is 12.8. The summed E-state index contributed by atoms with van der Waals surface area (Å²) in [6, 6.07) is 8.07. The highest BCUT2D eigenvalue weighted by molar-refractivity contribution is 6.30. The highest BCUT2D eigenvalue weighted by atomic mass is 35.5. The number of hydrogen-bond donors (Lipinski definition) is 1. The van der Waals surface area contributed by atoms with Crippen LogP contribution in [0.5, 0.6) is 0 Å². The van der Waals surface area contributed by atoms with E-state index in [9.17, 15) is 0 Å². The van der Waals surface area contributed by atoms with E-state index in [1.807, 2.05) is 12.1 Å². The van der Waals surface area contributed by atoms with Gasteiger partial charge < -0.3 is 10.2 Å². The molecular weight excluding hydrogens is 244 g/mol. The predicted octanol–water partition coefficient (Wildman–Crippen LogP) is 3.16. The van der Waals surface area contributed by atoms with Gasteiger partial charge in [-0.3, -0.25) is 0 Å². The van der Waals surface area contributed by atoms with Gasteiger partial charge in [-0.1, -0.05) is 30.7 Å². The third-order valence-corrected chi connectivity index (χ3v) is 3.76. The molecule has 0 spiro atoms. The van der Waals surface area contributed by atoms with Crippen molar-refractivity contribution in [3.05, 3.63) is 34.9 Å². The molecule has 0 bridgehead atoms. The van der Waals surface area contributed by atoms with Gasteiger partial charge in [0.15, 0.2) is 0 Å². The quantitative estimate of drug-likeness (QED) is 0.851. The fourth-order valence-corrected chi connectivity index (χ4v) is 2.66. The normalized spacial score (nSPS) is 18.1. The number of hydrogen-bond acceptors (Lipinski definition) is 2. The van der Waals surface area contributed by atoms with Crippen molar-refractivity contribution in [2.75, 3.05) is 26.2 Å². The zero-order valence-electron chi connectivity index (χ0n) is 11.2. The molecule has 1 heterocycles. The van der Waals surface area contributed by atoms with Crippen molar-refractivity contribution in [1.29, 1.82) is 0 Å². The van der Waals surface area contributed by atoms with Crippen molar-refractivity contribution >= 4 is 11.6 Å². The maximum absolute atomic E-state index is 5.87. The largest absolute Gasteiger partial charge is 0.312 e. The number of halogens is 1. The van der Waals surface area contributed by atoms with Crippen molar-refractivity contribution in [3.8, 4) is 0 Å². The summed E-state index contributed by atoms with van der Waals surface area (Å²) in [6.07, 6.45) is 2.76. The average molecular weight is 267 g/mol. The van der Waals surface area contributed by atoms with Gasteiger partial charge in [-0.2, -0.15) is 0 Å². The Hall–Kier alpha value is -0.570. The number of likely N-dealkylation sites (tertiary alicyclic amines) is 1. The van der Waals surface area contributed by atoms with Crippen LogP contribution < -0.4 is 5.32 Å². The molecule has 1 aromatic rings. The molecule has 0 aromatic heterocycles. The molecule has 1 fully saturated rings. The maximum atomic E-state index is 5.87. The Labute approximate surface area is 115 Å². The summed E-state index contributed by atoms with van der Waals surface area (Å²) >= 11 is 5.87. The van der Waals surface area contributed by atoms with E-state index in [1.54, 1.807) is 0 Å². The molecule has 1 atom stereocenters. The van der Waals surface area contributed by atoms with E-state index in [4.69, 9.17) is 11.6 Å². The fourth-order valence-electron chi connectivity index (χ4n) is 2.54. The Morgan fingerprint density at radius 2 is 1.89 bits per heavy atom. The minimum atomic E-state index is 0.718. The molecule has 1 aliphatic rings. The minimum absolute atomic E-state index is 0.718. The van der Waals surface area contributed by atoms with E-state index in [0.717, 1.165) is 24.0 Å². The van der Waals surface area contributed by atoms with Crippen LogP contribution in [0.3, 0.4) is 0 Å². The Morgan fingerprint density at radius 3 is 2.56 bits per heavy atom. The molecule has 1 saturated heterocycles. The fraction of sp³-hybridized carbons (Fsp3) is 0.600. The van der Waals surface area contributed by atoms with Crippen LogP contribution in [0.15, 0.2) is 24.3 Å². The van der Waals surface area contributed by atoms with Gasteiger partial charge in [0.2, 0.25) is 0 Å². The van der Waals surface area contributed by atoms with Crippen LogP contribution in [0.25, 0.3) is 0 Å². The zero-order valence-corrected chi connectivity index (χ0v) is 11.9. The molecule has 0 radical (unpaired) electrons. The molecule has 0 saturated carbocycles. The van der Waals surface area contributed by atoms with Crippen LogP contribution in [-0.2, 0) is 6.54 Å². The second kappa shape index (κ2) is 7.13. The molecule has 1 N–H and O–H groups in total. The first kappa shape index (κ1) is 13.9. The van der Waals surface area contributed by atoms with Gasteiger partial charge in [0.1, 0.15) is 0 Å². The van der Waals surface area contributed by atoms with Crippen molar-refractivity contribution in [2.24, 2.45) is 5.92 Å². The molecule has 100 valence electrons. The summed E-state index contributed by atoms with van der Waals surface area (Å²) in [5.41, 5.74) is 1.30. The summed E-state index contributed by atoms with van der Waals surface area (Å²) in [4.78, 5) is 2.58. The van der Waals surface area contributed by atoms with E-state index >= 15 is 0 Å². The lowest BCUT2D eigenvalue weighted by Crippen LogP contribution is -2.31. The Balaban J connectivity index is 1.63. The summed E-state index contributed by atoms with van der Waals surface area (Å²) < 4.78 is 0. The van der Waals surface area contributed by atoms with Crippen LogP contribution in [0.1, 0.15) is 25.3 Å². The van der Waals surface area contributed by atoms with Crippen LogP contribution in [0, 0.1) is 5.92 Å². The Morgan fingerprint density at radius 1 is 1.22 bits per heavy atom. The molecular formula is C15H23ClN2. The van der Waals surface area contributed by atoms with E-state index in [2.05, 4.69) is 29.3 Å². The number of nitrogens with zero attached hydrogens (tertiary/aromatic N) is 1. The standard InChI is InChI=1S/C15H23ClN2/c1-13(12-18-8-2-3-9-18)10-17-11-14-4-6-15(16)7-5-14/h4-7,13,17H,2-3,8-12H2,1H3. The van der Waals surface area contributed by atoms with Gasteiger partial charge in [0, 0.05) is 18.1 Å². The predicted molar refractivity (Wildman–Crippen MR) is 78.0 cm³/mol. The molecule has 1 unspecified atom stereocenters. The summed E-state index contributed by atoms with van der Waals surface area (Å²) in [6.45, 7) is 8.16. The highest BCUT2D eigenvalue weighted by Gasteiger charge is 2.14. The first-order chi connectivity index (χ1) is 8.74. The molecule has 1 aromatic carbocycles. The molecule has 0 amide bonds. The van der Waals surface area contributed by atoms with Crippen LogP contribution in [-0.4, -0.2) is 31.1 Å². The third kappa shape index (κ3) is 4.60. The van der Waals surface area contributed by atoms with Gasteiger partial charge in [-0.05, 0) is 56.1 Å². The summed E-state index contributed by atoms with van der Waals surface area (Å²) in [7, 11) is 0. The smallest absolute Gasteiger partial charge is 0.0406 e. The minimum Gasteiger partial charge on any atom is -0.312 e. The van der Waals surface area contributed by atoms with Crippen molar-refractivity contribution in [2.45, 2.75) is 26.3 Å². The van der Waals surface area contributed by atoms with E-state index in [0.29, 0.717) is 0 Å². The SMILES string of the molecule is CC(CNCc1ccc(Cl)cc1)CN1CCCC1. The lowest BCUT2D eigenvalue weighted by molar-refractivity contribution is 0.282. The average Bonchev–Trinajstić information content (AvgIpc) is 2.84. The second-order valence-electron chi connectivity index (χ2n) is 5.37. The lowest BCUT2D eigenvalue weighted by atomic mass is 10.1. The monoisotopic (exact) mass is 266 g/mol. The maximum Gasteiger partial charge on any atom is 0.0406 e. The number of rotatable bonds is 6. The van der Waals surface area contributed by atoms with Crippen molar-refractivity contribution < 1.29 is 0 Å².